The molecule has 0 bridgehead atoms. The molecule has 7 nitrogen and oxygen atoms in total. The summed E-state index contributed by atoms with van der Waals surface area (Å²) in [5, 5.41) is 13.1. The minimum absolute atomic E-state index is 0.0748. The van der Waals surface area contributed by atoms with Crippen molar-refractivity contribution in [3.8, 4) is 0 Å². The van der Waals surface area contributed by atoms with Crippen LogP contribution in [0.5, 0.6) is 0 Å². The monoisotopic (exact) mass is 293 g/mol. The van der Waals surface area contributed by atoms with Gasteiger partial charge in [0.15, 0.2) is 0 Å². The maximum atomic E-state index is 11.8. The number of rotatable bonds is 3. The molecule has 0 radical (unpaired) electrons. The second-order valence-corrected chi connectivity index (χ2v) is 4.23. The summed E-state index contributed by atoms with van der Waals surface area (Å²) in [6.07, 6.45) is 1.27. The number of pyridine rings is 1. The van der Waals surface area contributed by atoms with Gasteiger partial charge >= 0.3 is 0 Å². The van der Waals surface area contributed by atoms with Crippen LogP contribution in [0.25, 0.3) is 0 Å². The van der Waals surface area contributed by atoms with Crippen molar-refractivity contribution in [3.63, 3.8) is 0 Å². The zero-order chi connectivity index (χ0) is 14.7. The Morgan fingerprint density at radius 2 is 2.05 bits per heavy atom. The van der Waals surface area contributed by atoms with Gasteiger partial charge in [0.25, 0.3) is 11.6 Å². The lowest BCUT2D eigenvalue weighted by Crippen LogP contribution is -2.14. The number of aromatic nitrogens is 1. The molecule has 2 aromatic rings. The van der Waals surface area contributed by atoms with E-state index in [0.29, 0.717) is 5.69 Å². The van der Waals surface area contributed by atoms with Crippen molar-refractivity contribution in [2.45, 2.75) is 0 Å². The Kier molecular flexibility index (Phi) is 3.81. The minimum atomic E-state index is -0.615. The van der Waals surface area contributed by atoms with Gasteiger partial charge in [-0.15, -0.1) is 0 Å². The molecule has 0 spiro atoms. The van der Waals surface area contributed by atoms with Crippen molar-refractivity contribution >= 4 is 28.9 Å². The molecular formula is C12H8ClN3O4. The first-order valence-electron chi connectivity index (χ1n) is 5.41. The third-order valence-electron chi connectivity index (χ3n) is 2.45. The number of anilines is 1. The van der Waals surface area contributed by atoms with Gasteiger partial charge in [0.05, 0.1) is 10.5 Å². The maximum absolute atomic E-state index is 11.8. The van der Waals surface area contributed by atoms with Gasteiger partial charge in [0.2, 0.25) is 5.56 Å². The lowest BCUT2D eigenvalue weighted by molar-refractivity contribution is -0.384. The number of hydrogen-bond acceptors (Lipinski definition) is 4. The number of hydrogen-bond donors (Lipinski definition) is 2. The maximum Gasteiger partial charge on any atom is 0.288 e. The highest BCUT2D eigenvalue weighted by atomic mass is 35.5. The van der Waals surface area contributed by atoms with Gasteiger partial charge in [-0.2, -0.15) is 0 Å². The summed E-state index contributed by atoms with van der Waals surface area (Å²) in [6, 6.07) is 6.43. The van der Waals surface area contributed by atoms with Crippen LogP contribution in [-0.4, -0.2) is 15.8 Å². The van der Waals surface area contributed by atoms with E-state index in [1.807, 2.05) is 0 Å². The van der Waals surface area contributed by atoms with E-state index < -0.39 is 10.8 Å². The van der Waals surface area contributed by atoms with Gasteiger partial charge in [0.1, 0.15) is 5.02 Å². The quantitative estimate of drug-likeness (QED) is 0.668. The molecule has 20 heavy (non-hydrogen) atoms. The fourth-order valence-corrected chi connectivity index (χ4v) is 1.74. The van der Waals surface area contributed by atoms with Crippen LogP contribution in [0.3, 0.4) is 0 Å². The lowest BCUT2D eigenvalue weighted by atomic mass is 10.2. The standard InChI is InChI=1S/C12H8ClN3O4/c13-9-5-8(2-3-10(9)16(19)20)15-12(18)7-1-4-11(17)14-6-7/h1-6H,(H,14,17)(H,15,18). The molecule has 0 saturated heterocycles. The fourth-order valence-electron chi connectivity index (χ4n) is 1.49. The van der Waals surface area contributed by atoms with Crippen LogP contribution < -0.4 is 10.9 Å². The first-order chi connectivity index (χ1) is 9.47. The number of amides is 1. The normalized spacial score (nSPS) is 10.1. The second kappa shape index (κ2) is 5.54. The molecular weight excluding hydrogens is 286 g/mol. The van der Waals surface area contributed by atoms with E-state index in [1.54, 1.807) is 0 Å². The SMILES string of the molecule is O=C(Nc1ccc([N+](=O)[O-])c(Cl)c1)c1ccc(=O)[nH]c1. The lowest BCUT2D eigenvalue weighted by Gasteiger charge is -2.05. The Bertz CT molecular complexity index is 721. The highest BCUT2D eigenvalue weighted by Gasteiger charge is 2.13. The summed E-state index contributed by atoms with van der Waals surface area (Å²) >= 11 is 5.73. The zero-order valence-corrected chi connectivity index (χ0v) is 10.7. The Morgan fingerprint density at radius 3 is 2.60 bits per heavy atom. The number of nitrogens with one attached hydrogen (secondary N) is 2. The summed E-state index contributed by atoms with van der Waals surface area (Å²) in [6.45, 7) is 0. The number of nitro groups is 1. The van der Waals surface area contributed by atoms with Gasteiger partial charge in [0, 0.05) is 24.0 Å². The van der Waals surface area contributed by atoms with Crippen LogP contribution in [-0.2, 0) is 0 Å². The van der Waals surface area contributed by atoms with Gasteiger partial charge in [-0.1, -0.05) is 11.6 Å². The summed E-state index contributed by atoms with van der Waals surface area (Å²) in [7, 11) is 0. The summed E-state index contributed by atoms with van der Waals surface area (Å²) < 4.78 is 0. The highest BCUT2D eigenvalue weighted by Crippen LogP contribution is 2.27. The van der Waals surface area contributed by atoms with E-state index in [1.165, 1.54) is 36.5 Å². The molecule has 0 atom stereocenters. The smallest absolute Gasteiger partial charge is 0.288 e. The number of benzene rings is 1. The molecule has 1 amide bonds. The largest absolute Gasteiger partial charge is 0.328 e. The number of carbonyl (C=O) groups excluding carboxylic acids is 1. The Balaban J connectivity index is 2.20. The second-order valence-electron chi connectivity index (χ2n) is 3.82. The van der Waals surface area contributed by atoms with E-state index in [9.17, 15) is 19.7 Å². The van der Waals surface area contributed by atoms with Crippen LogP contribution in [0, 0.1) is 10.1 Å². The van der Waals surface area contributed by atoms with Crippen LogP contribution in [0.4, 0.5) is 11.4 Å². The molecule has 1 heterocycles. The van der Waals surface area contributed by atoms with Crippen LogP contribution in [0.1, 0.15) is 10.4 Å². The molecule has 8 heteroatoms. The van der Waals surface area contributed by atoms with Crippen molar-refractivity contribution in [1.29, 1.82) is 0 Å². The van der Waals surface area contributed by atoms with Crippen molar-refractivity contribution in [3.05, 3.63) is 67.6 Å². The van der Waals surface area contributed by atoms with Crippen LogP contribution in [0.15, 0.2) is 41.3 Å². The van der Waals surface area contributed by atoms with E-state index in [2.05, 4.69) is 10.3 Å². The van der Waals surface area contributed by atoms with Gasteiger partial charge < -0.3 is 10.3 Å². The molecule has 1 aromatic carbocycles. The van der Waals surface area contributed by atoms with Gasteiger partial charge in [-0.3, -0.25) is 19.7 Å². The number of nitrogens with zero attached hydrogens (tertiary/aromatic N) is 1. The molecule has 0 fully saturated rings. The van der Waals surface area contributed by atoms with Crippen molar-refractivity contribution in [2.75, 3.05) is 5.32 Å². The fraction of sp³-hybridized carbons (Fsp3) is 0. The molecule has 0 saturated carbocycles. The molecule has 0 unspecified atom stereocenters. The third kappa shape index (κ3) is 3.01. The van der Waals surface area contributed by atoms with Gasteiger partial charge in [-0.25, -0.2) is 0 Å². The molecule has 0 aliphatic carbocycles. The molecule has 2 N–H and O–H groups in total. The topological polar surface area (TPSA) is 105 Å². The molecule has 0 aliphatic rings. The molecule has 0 aliphatic heterocycles. The average molecular weight is 294 g/mol. The summed E-state index contributed by atoms with van der Waals surface area (Å²) in [5.41, 5.74) is 0.00418. The first kappa shape index (κ1) is 13.8. The van der Waals surface area contributed by atoms with Crippen LogP contribution in [0.2, 0.25) is 5.02 Å². The minimum Gasteiger partial charge on any atom is -0.328 e. The van der Waals surface area contributed by atoms with E-state index in [4.69, 9.17) is 11.6 Å². The number of aromatic amines is 1. The zero-order valence-electron chi connectivity index (χ0n) is 9.92. The summed E-state index contributed by atoms with van der Waals surface area (Å²) in [4.78, 5) is 35.1. The van der Waals surface area contributed by atoms with Crippen molar-refractivity contribution in [1.82, 2.24) is 4.98 Å². The molecule has 102 valence electrons. The van der Waals surface area contributed by atoms with Crippen molar-refractivity contribution in [2.24, 2.45) is 0 Å². The van der Waals surface area contributed by atoms with Crippen molar-refractivity contribution < 1.29 is 9.72 Å². The van der Waals surface area contributed by atoms with Crippen LogP contribution >= 0.6 is 11.6 Å². The van der Waals surface area contributed by atoms with E-state index in [-0.39, 0.29) is 21.8 Å². The molecule has 2 rings (SSSR count). The molecule has 1 aromatic heterocycles. The predicted octanol–water partition coefficient (Wildman–Crippen LogP) is 2.19. The third-order valence-corrected chi connectivity index (χ3v) is 2.75. The van der Waals surface area contributed by atoms with E-state index in [0.717, 1.165) is 0 Å². The summed E-state index contributed by atoms with van der Waals surface area (Å²) in [5.74, 6) is -0.467. The van der Waals surface area contributed by atoms with E-state index >= 15 is 0 Å². The highest BCUT2D eigenvalue weighted by molar-refractivity contribution is 6.33. The number of carbonyl (C=O) groups is 1. The number of nitro benzene ring substituents is 1. The average Bonchev–Trinajstić information content (AvgIpc) is 2.39. The first-order valence-corrected chi connectivity index (χ1v) is 5.79. The Morgan fingerprint density at radius 1 is 1.30 bits per heavy atom. The Labute approximate surface area is 117 Å². The number of halogens is 1. The van der Waals surface area contributed by atoms with Gasteiger partial charge in [-0.05, 0) is 18.2 Å². The Hall–Kier alpha value is -2.67. The number of H-pyrrole nitrogens is 1. The predicted molar refractivity (Wildman–Crippen MR) is 73.1 cm³/mol.